The van der Waals surface area contributed by atoms with E-state index in [2.05, 4.69) is 55.2 Å². The number of aromatic nitrogens is 1. The van der Waals surface area contributed by atoms with E-state index in [9.17, 15) is 0 Å². The van der Waals surface area contributed by atoms with Crippen LogP contribution in [0.25, 0.3) is 0 Å². The molecule has 0 spiro atoms. The summed E-state index contributed by atoms with van der Waals surface area (Å²) in [7, 11) is 0. The van der Waals surface area contributed by atoms with Crippen LogP contribution in [0, 0.1) is 0 Å². The van der Waals surface area contributed by atoms with Gasteiger partial charge in [0.15, 0.2) is 0 Å². The van der Waals surface area contributed by atoms with E-state index in [4.69, 9.17) is 0 Å². The Bertz CT molecular complexity index is 448. The molecule has 0 saturated carbocycles. The summed E-state index contributed by atoms with van der Waals surface area (Å²) in [4.78, 5) is 5.69. The maximum atomic E-state index is 4.35. The molecule has 0 saturated heterocycles. The van der Waals surface area contributed by atoms with Crippen LogP contribution in [0.15, 0.2) is 25.9 Å². The lowest BCUT2D eigenvalue weighted by Crippen LogP contribution is -2.21. The molecule has 2 rings (SSSR count). The summed E-state index contributed by atoms with van der Waals surface area (Å²) in [5.74, 6) is 0. The van der Waals surface area contributed by atoms with Crippen LogP contribution in [0.2, 0.25) is 0 Å². The molecule has 2 heterocycles. The number of nitrogens with zero attached hydrogens (tertiary/aromatic N) is 1. The molecule has 92 valence electrons. The van der Waals surface area contributed by atoms with E-state index in [0.717, 1.165) is 21.2 Å². The highest BCUT2D eigenvalue weighted by Crippen LogP contribution is 2.36. The van der Waals surface area contributed by atoms with Crippen molar-refractivity contribution in [1.82, 2.24) is 10.3 Å². The summed E-state index contributed by atoms with van der Waals surface area (Å²) in [6.45, 7) is 3.09. The third-order valence-electron chi connectivity index (χ3n) is 2.32. The van der Waals surface area contributed by atoms with Crippen molar-refractivity contribution in [2.24, 2.45) is 0 Å². The van der Waals surface area contributed by atoms with Crippen molar-refractivity contribution in [1.29, 1.82) is 0 Å². The third kappa shape index (κ3) is 3.61. The van der Waals surface area contributed by atoms with Crippen LogP contribution < -0.4 is 5.32 Å². The Morgan fingerprint density at radius 2 is 2.29 bits per heavy atom. The van der Waals surface area contributed by atoms with Gasteiger partial charge in [-0.3, -0.25) is 0 Å². The van der Waals surface area contributed by atoms with Gasteiger partial charge in [0.2, 0.25) is 0 Å². The van der Waals surface area contributed by atoms with Gasteiger partial charge in [-0.1, -0.05) is 6.92 Å². The van der Waals surface area contributed by atoms with Crippen molar-refractivity contribution in [2.75, 3.05) is 6.54 Å². The summed E-state index contributed by atoms with van der Waals surface area (Å²) in [6, 6.07) is 2.52. The maximum Gasteiger partial charge on any atom is 0.0944 e. The molecule has 0 aromatic carbocycles. The smallest absolute Gasteiger partial charge is 0.0944 e. The highest BCUT2D eigenvalue weighted by Gasteiger charge is 2.16. The van der Waals surface area contributed by atoms with Crippen molar-refractivity contribution in [3.63, 3.8) is 0 Å². The number of thiazole rings is 1. The van der Waals surface area contributed by atoms with Crippen LogP contribution in [0.3, 0.4) is 0 Å². The molecule has 1 unspecified atom stereocenters. The van der Waals surface area contributed by atoms with Crippen LogP contribution in [0.4, 0.5) is 0 Å². The zero-order valence-corrected chi connectivity index (χ0v) is 14.0. The van der Waals surface area contributed by atoms with Gasteiger partial charge in [-0.15, -0.1) is 22.7 Å². The second-order valence-electron chi connectivity index (χ2n) is 3.51. The largest absolute Gasteiger partial charge is 0.309 e. The van der Waals surface area contributed by atoms with Crippen LogP contribution >= 0.6 is 54.5 Å². The molecule has 0 bridgehead atoms. The lowest BCUT2D eigenvalue weighted by atomic mass is 10.2. The standard InChI is InChI=1S/C11H12Br2N2S2/c1-2-14-8(6-10-15-3-4-16-10)9-5-7(12)11(13)17-9/h3-5,8,14H,2,6H2,1H3. The minimum Gasteiger partial charge on any atom is -0.309 e. The summed E-state index contributed by atoms with van der Waals surface area (Å²) < 4.78 is 2.27. The molecule has 0 aliphatic heterocycles. The molecule has 17 heavy (non-hydrogen) atoms. The van der Waals surface area contributed by atoms with Crippen molar-refractivity contribution < 1.29 is 0 Å². The highest BCUT2D eigenvalue weighted by atomic mass is 79.9. The van der Waals surface area contributed by atoms with Gasteiger partial charge in [-0.25, -0.2) is 4.98 Å². The molecule has 2 aromatic rings. The van der Waals surface area contributed by atoms with Crippen molar-refractivity contribution >= 4 is 54.5 Å². The topological polar surface area (TPSA) is 24.9 Å². The first-order chi connectivity index (χ1) is 8.20. The quantitative estimate of drug-likeness (QED) is 0.798. The molecule has 6 heteroatoms. The first-order valence-electron chi connectivity index (χ1n) is 5.27. The predicted octanol–water partition coefficient (Wildman–Crippen LogP) is 4.62. The summed E-state index contributed by atoms with van der Waals surface area (Å²) in [5.41, 5.74) is 0. The molecular formula is C11H12Br2N2S2. The average Bonchev–Trinajstić information content (AvgIpc) is 2.90. The van der Waals surface area contributed by atoms with Gasteiger partial charge in [0.25, 0.3) is 0 Å². The van der Waals surface area contributed by atoms with E-state index in [1.165, 1.54) is 9.88 Å². The molecule has 0 radical (unpaired) electrons. The van der Waals surface area contributed by atoms with Gasteiger partial charge in [0, 0.05) is 33.4 Å². The number of hydrogen-bond donors (Lipinski definition) is 1. The second kappa shape index (κ2) is 6.43. The Morgan fingerprint density at radius 1 is 1.47 bits per heavy atom. The van der Waals surface area contributed by atoms with Crippen molar-refractivity contribution in [2.45, 2.75) is 19.4 Å². The molecule has 0 aliphatic carbocycles. The van der Waals surface area contributed by atoms with Gasteiger partial charge >= 0.3 is 0 Å². The van der Waals surface area contributed by atoms with Crippen LogP contribution in [0.1, 0.15) is 22.9 Å². The van der Waals surface area contributed by atoms with Crippen molar-refractivity contribution in [3.05, 3.63) is 35.8 Å². The first-order valence-corrected chi connectivity index (χ1v) is 8.55. The summed E-state index contributed by atoms with van der Waals surface area (Å²) in [5, 5.41) is 6.72. The number of nitrogens with one attached hydrogen (secondary N) is 1. The average molecular weight is 396 g/mol. The van der Waals surface area contributed by atoms with Gasteiger partial charge in [-0.05, 0) is 44.5 Å². The fourth-order valence-electron chi connectivity index (χ4n) is 1.58. The zero-order chi connectivity index (χ0) is 12.3. The van der Waals surface area contributed by atoms with Crippen LogP contribution in [0.5, 0.6) is 0 Å². The Labute approximate surface area is 126 Å². The number of likely N-dealkylation sites (N-methyl/N-ethyl adjacent to an activating group) is 1. The Kier molecular flexibility index (Phi) is 5.17. The summed E-state index contributed by atoms with van der Waals surface area (Å²) in [6.07, 6.45) is 2.81. The predicted molar refractivity (Wildman–Crippen MR) is 82.0 cm³/mol. The number of rotatable bonds is 5. The Balaban J connectivity index is 2.16. The molecule has 1 N–H and O–H groups in total. The lowest BCUT2D eigenvalue weighted by Gasteiger charge is -2.14. The van der Waals surface area contributed by atoms with Crippen LogP contribution in [-0.4, -0.2) is 11.5 Å². The third-order valence-corrected chi connectivity index (χ3v) is 6.49. The second-order valence-corrected chi connectivity index (χ2v) is 7.75. The van der Waals surface area contributed by atoms with E-state index in [0.29, 0.717) is 6.04 Å². The molecule has 2 aromatic heterocycles. The minimum absolute atomic E-state index is 0.346. The van der Waals surface area contributed by atoms with Crippen LogP contribution in [-0.2, 0) is 6.42 Å². The number of hydrogen-bond acceptors (Lipinski definition) is 4. The SMILES string of the molecule is CCNC(Cc1nccs1)c1cc(Br)c(Br)s1. The highest BCUT2D eigenvalue weighted by molar-refractivity contribution is 9.13. The maximum absolute atomic E-state index is 4.35. The van der Waals surface area contributed by atoms with E-state index >= 15 is 0 Å². The molecule has 2 nitrogen and oxygen atoms in total. The van der Waals surface area contributed by atoms with Gasteiger partial charge in [0.1, 0.15) is 0 Å². The normalized spacial score (nSPS) is 12.9. The zero-order valence-electron chi connectivity index (χ0n) is 9.24. The summed E-state index contributed by atoms with van der Waals surface area (Å²) >= 11 is 10.6. The van der Waals surface area contributed by atoms with E-state index in [-0.39, 0.29) is 0 Å². The molecule has 0 amide bonds. The fraction of sp³-hybridized carbons (Fsp3) is 0.364. The van der Waals surface area contributed by atoms with Gasteiger partial charge < -0.3 is 5.32 Å². The minimum atomic E-state index is 0.346. The Hall–Kier alpha value is 0.250. The van der Waals surface area contributed by atoms with E-state index in [1.807, 2.05) is 11.6 Å². The lowest BCUT2D eigenvalue weighted by molar-refractivity contribution is 0.557. The monoisotopic (exact) mass is 394 g/mol. The fourth-order valence-corrected chi connectivity index (χ4v) is 4.41. The Morgan fingerprint density at radius 3 is 2.82 bits per heavy atom. The van der Waals surface area contributed by atoms with Crippen molar-refractivity contribution in [3.8, 4) is 0 Å². The molecule has 0 fully saturated rings. The van der Waals surface area contributed by atoms with E-state index in [1.54, 1.807) is 22.7 Å². The molecule has 0 aliphatic rings. The van der Waals surface area contributed by atoms with Gasteiger partial charge in [-0.2, -0.15) is 0 Å². The number of halogens is 2. The number of thiophene rings is 1. The first kappa shape index (κ1) is 13.7. The van der Waals surface area contributed by atoms with Gasteiger partial charge in [0.05, 0.1) is 8.79 Å². The van der Waals surface area contributed by atoms with E-state index < -0.39 is 0 Å². The molecular weight excluding hydrogens is 384 g/mol. The molecule has 1 atom stereocenters.